The van der Waals surface area contributed by atoms with E-state index in [-0.39, 0.29) is 4.87 Å². The van der Waals surface area contributed by atoms with Crippen molar-refractivity contribution in [3.63, 3.8) is 0 Å². The molecule has 0 atom stereocenters. The number of hydrogen-bond acceptors (Lipinski definition) is 6. The summed E-state index contributed by atoms with van der Waals surface area (Å²) < 4.78 is 22.8. The van der Waals surface area contributed by atoms with E-state index in [0.29, 0.717) is 13.2 Å². The van der Waals surface area contributed by atoms with Crippen LogP contribution in [0.25, 0.3) is 0 Å². The minimum absolute atomic E-state index is 0.304. The summed E-state index contributed by atoms with van der Waals surface area (Å²) in [7, 11) is 3.29. The molecule has 1 aliphatic heterocycles. The van der Waals surface area contributed by atoms with Gasteiger partial charge in [0.2, 0.25) is 0 Å². The Morgan fingerprint density at radius 1 is 0.840 bits per heavy atom. The van der Waals surface area contributed by atoms with Crippen LogP contribution in [0.3, 0.4) is 0 Å². The molecule has 1 aliphatic rings. The lowest BCUT2D eigenvalue weighted by atomic mass is 10.3. The van der Waals surface area contributed by atoms with Crippen molar-refractivity contribution in [3.8, 4) is 23.0 Å². The third-order valence-corrected chi connectivity index (χ3v) is 5.33. The van der Waals surface area contributed by atoms with Gasteiger partial charge in [0.05, 0.1) is 14.2 Å². The Kier molecular flexibility index (Phi) is 5.94. The van der Waals surface area contributed by atoms with Crippen LogP contribution < -0.4 is 24.3 Å². The highest BCUT2D eigenvalue weighted by Gasteiger charge is 2.37. The van der Waals surface area contributed by atoms with Gasteiger partial charge >= 0.3 is 0 Å². The quantitative estimate of drug-likeness (QED) is 0.779. The third-order valence-electron chi connectivity index (χ3n) is 3.99. The van der Waals surface area contributed by atoms with E-state index in [9.17, 15) is 0 Å². The van der Waals surface area contributed by atoms with Crippen LogP contribution in [0.2, 0.25) is 0 Å². The molecule has 6 heteroatoms. The highest BCUT2D eigenvalue weighted by molar-refractivity contribution is 8.00. The third kappa shape index (κ3) is 4.32. The number of rotatable bonds is 8. The van der Waals surface area contributed by atoms with E-state index in [1.54, 1.807) is 14.2 Å². The van der Waals surface area contributed by atoms with Gasteiger partial charge in [-0.2, -0.15) is 0 Å². The molecule has 1 saturated heterocycles. The molecule has 3 rings (SSSR count). The summed E-state index contributed by atoms with van der Waals surface area (Å²) in [4.78, 5) is -0.304. The number of hydrogen-bond donors (Lipinski definition) is 1. The standard InChI is InChI=1S/C19H23NO4S/c1-21-15-7-3-5-9-17(15)23-13-19(20-11-12-25-19)14-24-18-10-6-4-8-16(18)22-2/h3-10,20H,11-14H2,1-2H3. The maximum absolute atomic E-state index is 6.04. The van der Waals surface area contributed by atoms with Crippen LogP contribution in [0.1, 0.15) is 0 Å². The molecule has 25 heavy (non-hydrogen) atoms. The Hall–Kier alpha value is -2.05. The van der Waals surface area contributed by atoms with Crippen molar-refractivity contribution in [2.45, 2.75) is 4.87 Å². The summed E-state index contributed by atoms with van der Waals surface area (Å²) in [6.07, 6.45) is 0. The molecule has 1 N–H and O–H groups in total. The van der Waals surface area contributed by atoms with E-state index in [1.807, 2.05) is 60.3 Å². The van der Waals surface area contributed by atoms with Gasteiger partial charge in [-0.15, -0.1) is 11.8 Å². The molecule has 2 aromatic rings. The Bertz CT molecular complexity index is 635. The lowest BCUT2D eigenvalue weighted by Gasteiger charge is -2.29. The average molecular weight is 361 g/mol. The molecule has 2 aromatic carbocycles. The topological polar surface area (TPSA) is 49.0 Å². The molecule has 0 spiro atoms. The minimum atomic E-state index is -0.304. The van der Waals surface area contributed by atoms with Crippen molar-refractivity contribution in [3.05, 3.63) is 48.5 Å². The predicted octanol–water partition coefficient (Wildman–Crippen LogP) is 3.19. The van der Waals surface area contributed by atoms with Crippen molar-refractivity contribution in [2.75, 3.05) is 39.7 Å². The summed E-state index contributed by atoms with van der Waals surface area (Å²) in [5.41, 5.74) is 0. The van der Waals surface area contributed by atoms with Crippen molar-refractivity contribution in [1.82, 2.24) is 5.32 Å². The van der Waals surface area contributed by atoms with Crippen LogP contribution in [-0.2, 0) is 0 Å². The normalized spacial score (nSPS) is 15.6. The van der Waals surface area contributed by atoms with E-state index < -0.39 is 0 Å². The van der Waals surface area contributed by atoms with E-state index in [2.05, 4.69) is 5.32 Å². The molecule has 0 radical (unpaired) electrons. The molecule has 1 fully saturated rings. The van der Waals surface area contributed by atoms with Crippen LogP contribution in [0.4, 0.5) is 0 Å². The van der Waals surface area contributed by atoms with E-state index in [4.69, 9.17) is 18.9 Å². The first-order valence-corrected chi connectivity index (χ1v) is 9.15. The number of nitrogens with one attached hydrogen (secondary N) is 1. The fraction of sp³-hybridized carbons (Fsp3) is 0.368. The first kappa shape index (κ1) is 17.8. The van der Waals surface area contributed by atoms with Gasteiger partial charge < -0.3 is 18.9 Å². The summed E-state index contributed by atoms with van der Waals surface area (Å²) >= 11 is 1.81. The predicted molar refractivity (Wildman–Crippen MR) is 100 cm³/mol. The van der Waals surface area contributed by atoms with Gasteiger partial charge in [0, 0.05) is 12.3 Å². The fourth-order valence-electron chi connectivity index (χ4n) is 2.67. The van der Waals surface area contributed by atoms with Crippen LogP contribution in [0.15, 0.2) is 48.5 Å². The number of ether oxygens (including phenoxy) is 4. The molecule has 1 heterocycles. The van der Waals surface area contributed by atoms with E-state index >= 15 is 0 Å². The molecule has 5 nitrogen and oxygen atoms in total. The monoisotopic (exact) mass is 361 g/mol. The second-order valence-corrected chi connectivity index (χ2v) is 7.13. The number of methoxy groups -OCH3 is 2. The zero-order valence-electron chi connectivity index (χ0n) is 14.5. The van der Waals surface area contributed by atoms with Gasteiger partial charge in [-0.05, 0) is 24.3 Å². The lowest BCUT2D eigenvalue weighted by Crippen LogP contribution is -2.48. The van der Waals surface area contributed by atoms with E-state index in [0.717, 1.165) is 35.3 Å². The first-order valence-electron chi connectivity index (χ1n) is 8.17. The van der Waals surface area contributed by atoms with Crippen LogP contribution in [-0.4, -0.2) is 44.6 Å². The molecule has 0 unspecified atom stereocenters. The average Bonchev–Trinajstić information content (AvgIpc) is 3.14. The smallest absolute Gasteiger partial charge is 0.161 e. The molecule has 0 bridgehead atoms. The molecular formula is C19H23NO4S. The van der Waals surface area contributed by atoms with Crippen molar-refractivity contribution in [2.24, 2.45) is 0 Å². The highest BCUT2D eigenvalue weighted by Crippen LogP contribution is 2.33. The SMILES string of the molecule is COc1ccccc1OCC1(COc2ccccc2OC)NCCS1. The highest BCUT2D eigenvalue weighted by atomic mass is 32.2. The maximum Gasteiger partial charge on any atom is 0.161 e. The van der Waals surface area contributed by atoms with Crippen LogP contribution in [0, 0.1) is 0 Å². The van der Waals surface area contributed by atoms with Crippen molar-refractivity contribution >= 4 is 11.8 Å². The van der Waals surface area contributed by atoms with Gasteiger partial charge in [0.1, 0.15) is 18.1 Å². The zero-order valence-corrected chi connectivity index (χ0v) is 15.3. The molecule has 0 aliphatic carbocycles. The van der Waals surface area contributed by atoms with Crippen LogP contribution >= 0.6 is 11.8 Å². The van der Waals surface area contributed by atoms with Gasteiger partial charge in [-0.1, -0.05) is 24.3 Å². The van der Waals surface area contributed by atoms with Gasteiger partial charge in [0.25, 0.3) is 0 Å². The summed E-state index contributed by atoms with van der Waals surface area (Å²) in [6, 6.07) is 15.3. The zero-order chi connectivity index (χ0) is 17.5. The largest absolute Gasteiger partial charge is 0.493 e. The lowest BCUT2D eigenvalue weighted by molar-refractivity contribution is 0.176. The van der Waals surface area contributed by atoms with Crippen molar-refractivity contribution in [1.29, 1.82) is 0 Å². The number of benzene rings is 2. The summed E-state index contributed by atoms with van der Waals surface area (Å²) in [6.45, 7) is 1.88. The Balaban J connectivity index is 1.67. The summed E-state index contributed by atoms with van der Waals surface area (Å²) in [5, 5.41) is 3.52. The van der Waals surface area contributed by atoms with Crippen LogP contribution in [0.5, 0.6) is 23.0 Å². The maximum atomic E-state index is 6.04. The molecule has 0 amide bonds. The second-order valence-electron chi connectivity index (χ2n) is 5.65. The Morgan fingerprint density at radius 3 is 1.72 bits per heavy atom. The molecule has 134 valence electrons. The van der Waals surface area contributed by atoms with E-state index in [1.165, 1.54) is 0 Å². The first-order chi connectivity index (χ1) is 12.3. The molecular weight excluding hydrogens is 338 g/mol. The fourth-order valence-corrected chi connectivity index (χ4v) is 3.75. The summed E-state index contributed by atoms with van der Waals surface area (Å²) in [5.74, 6) is 3.94. The van der Waals surface area contributed by atoms with Gasteiger partial charge in [0.15, 0.2) is 23.0 Å². The Morgan fingerprint density at radius 2 is 1.32 bits per heavy atom. The number of thioether (sulfide) groups is 1. The van der Waals surface area contributed by atoms with Crippen molar-refractivity contribution < 1.29 is 18.9 Å². The second kappa shape index (κ2) is 8.36. The van der Waals surface area contributed by atoms with Gasteiger partial charge in [-0.3, -0.25) is 5.32 Å². The Labute approximate surface area is 152 Å². The molecule has 0 aromatic heterocycles. The molecule has 0 saturated carbocycles. The number of para-hydroxylation sites is 4. The van der Waals surface area contributed by atoms with Gasteiger partial charge in [-0.25, -0.2) is 0 Å². The minimum Gasteiger partial charge on any atom is -0.493 e.